The molecule has 3 aromatic heterocycles. The Morgan fingerprint density at radius 2 is 2.14 bits per heavy atom. The van der Waals surface area contributed by atoms with Crippen molar-refractivity contribution in [2.24, 2.45) is 0 Å². The second kappa shape index (κ2) is 6.05. The minimum atomic E-state index is 0.468. The Kier molecular flexibility index (Phi) is 3.77. The minimum absolute atomic E-state index is 0.468. The highest BCUT2D eigenvalue weighted by molar-refractivity contribution is 7.99. The molecule has 112 valence electrons. The second-order valence-corrected chi connectivity index (χ2v) is 6.80. The molecule has 6 nitrogen and oxygen atoms in total. The van der Waals surface area contributed by atoms with Crippen molar-refractivity contribution in [3.8, 4) is 22.8 Å². The molecule has 0 amide bonds. The molecule has 0 bridgehead atoms. The Morgan fingerprint density at radius 1 is 1.23 bits per heavy atom. The predicted molar refractivity (Wildman–Crippen MR) is 88.2 cm³/mol. The highest BCUT2D eigenvalue weighted by atomic mass is 32.2. The standard InChI is InChI=1S/C14H13N5OS2/c1-4-22-8-10(1)12-17-14(20-18-12)11-7-15-9-16-13(11)19-2-5-21-6-3-19/h1,4,7-9H,2-3,5-6H2. The maximum atomic E-state index is 5.44. The Labute approximate surface area is 135 Å². The van der Waals surface area contributed by atoms with E-state index in [9.17, 15) is 0 Å². The number of hydrogen-bond acceptors (Lipinski definition) is 8. The molecule has 22 heavy (non-hydrogen) atoms. The molecule has 4 heterocycles. The quantitative estimate of drug-likeness (QED) is 0.731. The molecule has 8 heteroatoms. The van der Waals surface area contributed by atoms with Crippen LogP contribution in [0, 0.1) is 0 Å². The fraction of sp³-hybridized carbons (Fsp3) is 0.286. The zero-order valence-electron chi connectivity index (χ0n) is 11.7. The van der Waals surface area contributed by atoms with Crippen LogP contribution in [0.15, 0.2) is 33.9 Å². The van der Waals surface area contributed by atoms with Crippen LogP contribution in [-0.2, 0) is 0 Å². The van der Waals surface area contributed by atoms with E-state index in [0.717, 1.165) is 41.5 Å². The van der Waals surface area contributed by atoms with Crippen LogP contribution in [0.1, 0.15) is 0 Å². The summed E-state index contributed by atoms with van der Waals surface area (Å²) in [5.41, 5.74) is 1.76. The van der Waals surface area contributed by atoms with E-state index in [1.165, 1.54) is 0 Å². The number of anilines is 1. The highest BCUT2D eigenvalue weighted by Crippen LogP contribution is 2.30. The zero-order valence-corrected chi connectivity index (χ0v) is 13.3. The first kappa shape index (κ1) is 13.7. The normalized spacial score (nSPS) is 15.2. The molecule has 1 aliphatic heterocycles. The van der Waals surface area contributed by atoms with Gasteiger partial charge in [0.05, 0.1) is 0 Å². The molecule has 0 atom stereocenters. The first-order chi connectivity index (χ1) is 10.9. The molecule has 0 saturated carbocycles. The molecule has 0 aliphatic carbocycles. The largest absolute Gasteiger partial charge is 0.354 e. The van der Waals surface area contributed by atoms with Crippen molar-refractivity contribution >= 4 is 28.9 Å². The monoisotopic (exact) mass is 331 g/mol. The molecular formula is C14H13N5OS2. The van der Waals surface area contributed by atoms with Gasteiger partial charge in [-0.25, -0.2) is 9.97 Å². The Morgan fingerprint density at radius 3 is 2.95 bits per heavy atom. The summed E-state index contributed by atoms with van der Waals surface area (Å²) in [6, 6.07) is 1.98. The lowest BCUT2D eigenvalue weighted by molar-refractivity contribution is 0.432. The van der Waals surface area contributed by atoms with Crippen LogP contribution in [0.5, 0.6) is 0 Å². The fourth-order valence-electron chi connectivity index (χ4n) is 2.34. The predicted octanol–water partition coefficient (Wildman–Crippen LogP) is 2.81. The first-order valence-corrected chi connectivity index (χ1v) is 9.01. The molecule has 1 aliphatic rings. The molecular weight excluding hydrogens is 318 g/mol. The molecule has 1 fully saturated rings. The van der Waals surface area contributed by atoms with Crippen LogP contribution >= 0.6 is 23.1 Å². The van der Waals surface area contributed by atoms with E-state index in [2.05, 4.69) is 25.0 Å². The van der Waals surface area contributed by atoms with E-state index >= 15 is 0 Å². The average molecular weight is 331 g/mol. The van der Waals surface area contributed by atoms with E-state index in [4.69, 9.17) is 4.52 Å². The number of aromatic nitrogens is 4. The van der Waals surface area contributed by atoms with Crippen molar-refractivity contribution in [1.29, 1.82) is 0 Å². The van der Waals surface area contributed by atoms with Crippen LogP contribution in [0.3, 0.4) is 0 Å². The summed E-state index contributed by atoms with van der Waals surface area (Å²) in [6.07, 6.45) is 3.31. The maximum Gasteiger partial charge on any atom is 0.263 e. The average Bonchev–Trinajstić information content (AvgIpc) is 3.27. The molecule has 0 radical (unpaired) electrons. The zero-order chi connectivity index (χ0) is 14.8. The van der Waals surface area contributed by atoms with Gasteiger partial charge in [-0.2, -0.15) is 28.1 Å². The fourth-order valence-corrected chi connectivity index (χ4v) is 3.88. The van der Waals surface area contributed by atoms with Gasteiger partial charge in [-0.15, -0.1) is 0 Å². The van der Waals surface area contributed by atoms with Crippen molar-refractivity contribution in [3.63, 3.8) is 0 Å². The molecule has 0 unspecified atom stereocenters. The summed E-state index contributed by atoms with van der Waals surface area (Å²) < 4.78 is 5.44. The third kappa shape index (κ3) is 2.59. The van der Waals surface area contributed by atoms with Gasteiger partial charge in [0.2, 0.25) is 5.82 Å². The smallest absolute Gasteiger partial charge is 0.263 e. The Bertz CT molecular complexity index is 752. The van der Waals surface area contributed by atoms with E-state index < -0.39 is 0 Å². The van der Waals surface area contributed by atoms with Crippen LogP contribution in [0.2, 0.25) is 0 Å². The summed E-state index contributed by atoms with van der Waals surface area (Å²) >= 11 is 3.57. The van der Waals surface area contributed by atoms with E-state index in [1.54, 1.807) is 23.9 Å². The summed E-state index contributed by atoms with van der Waals surface area (Å²) in [7, 11) is 0. The van der Waals surface area contributed by atoms with E-state index in [1.807, 2.05) is 28.6 Å². The van der Waals surface area contributed by atoms with Crippen molar-refractivity contribution in [1.82, 2.24) is 20.1 Å². The van der Waals surface area contributed by atoms with Crippen molar-refractivity contribution in [3.05, 3.63) is 29.4 Å². The number of hydrogen-bond donors (Lipinski definition) is 0. The highest BCUT2D eigenvalue weighted by Gasteiger charge is 2.21. The number of nitrogens with zero attached hydrogens (tertiary/aromatic N) is 5. The van der Waals surface area contributed by atoms with Crippen LogP contribution in [0.4, 0.5) is 5.82 Å². The number of thioether (sulfide) groups is 1. The van der Waals surface area contributed by atoms with Crippen molar-refractivity contribution in [2.45, 2.75) is 0 Å². The van der Waals surface area contributed by atoms with E-state index in [0.29, 0.717) is 11.7 Å². The summed E-state index contributed by atoms with van der Waals surface area (Å²) in [6.45, 7) is 1.94. The number of thiophene rings is 1. The van der Waals surface area contributed by atoms with Gasteiger partial charge in [0, 0.05) is 41.7 Å². The Hall–Kier alpha value is -1.93. The van der Waals surface area contributed by atoms with Crippen LogP contribution in [-0.4, -0.2) is 44.7 Å². The van der Waals surface area contributed by atoms with Crippen LogP contribution < -0.4 is 4.90 Å². The third-order valence-corrected chi connectivity index (χ3v) is 5.06. The second-order valence-electron chi connectivity index (χ2n) is 4.79. The van der Waals surface area contributed by atoms with Crippen molar-refractivity contribution < 1.29 is 4.52 Å². The first-order valence-electron chi connectivity index (χ1n) is 6.91. The van der Waals surface area contributed by atoms with Gasteiger partial charge in [-0.3, -0.25) is 0 Å². The molecule has 1 saturated heterocycles. The number of rotatable bonds is 3. The maximum absolute atomic E-state index is 5.44. The molecule has 0 N–H and O–H groups in total. The van der Waals surface area contributed by atoms with Gasteiger partial charge < -0.3 is 9.42 Å². The summed E-state index contributed by atoms with van der Waals surface area (Å²) in [5.74, 6) is 4.15. The van der Waals surface area contributed by atoms with Gasteiger partial charge in [0.15, 0.2) is 0 Å². The van der Waals surface area contributed by atoms with Gasteiger partial charge in [-0.1, -0.05) is 5.16 Å². The minimum Gasteiger partial charge on any atom is -0.354 e. The van der Waals surface area contributed by atoms with E-state index in [-0.39, 0.29) is 0 Å². The SMILES string of the molecule is c1ncc(-c2nc(-c3ccsc3)no2)c(N2CCSCC2)n1. The Balaban J connectivity index is 1.70. The third-order valence-electron chi connectivity index (χ3n) is 3.44. The molecule has 3 aromatic rings. The van der Waals surface area contributed by atoms with Gasteiger partial charge >= 0.3 is 0 Å². The van der Waals surface area contributed by atoms with Crippen LogP contribution in [0.25, 0.3) is 22.8 Å². The van der Waals surface area contributed by atoms with Gasteiger partial charge in [0.25, 0.3) is 5.89 Å². The topological polar surface area (TPSA) is 67.9 Å². The molecule has 0 aromatic carbocycles. The van der Waals surface area contributed by atoms with Gasteiger partial charge in [-0.05, 0) is 11.4 Å². The van der Waals surface area contributed by atoms with Gasteiger partial charge in [0.1, 0.15) is 17.7 Å². The lowest BCUT2D eigenvalue weighted by atomic mass is 10.2. The summed E-state index contributed by atoms with van der Waals surface area (Å²) in [5, 5.41) is 8.06. The molecule has 4 rings (SSSR count). The van der Waals surface area contributed by atoms with Crippen molar-refractivity contribution in [2.75, 3.05) is 29.5 Å². The summed E-state index contributed by atoms with van der Waals surface area (Å²) in [4.78, 5) is 15.3. The lowest BCUT2D eigenvalue weighted by Crippen LogP contribution is -2.33. The molecule has 0 spiro atoms. The lowest BCUT2D eigenvalue weighted by Gasteiger charge is -2.28.